The smallest absolute Gasteiger partial charge is 0.147 e. The van der Waals surface area contributed by atoms with Gasteiger partial charge in [-0.2, -0.15) is 0 Å². The molecule has 2 aromatic rings. The molecule has 2 N–H and O–H groups in total. The third-order valence-corrected chi connectivity index (χ3v) is 4.37. The molecule has 0 spiro atoms. The van der Waals surface area contributed by atoms with Crippen molar-refractivity contribution in [1.29, 1.82) is 0 Å². The van der Waals surface area contributed by atoms with E-state index < -0.39 is 0 Å². The van der Waals surface area contributed by atoms with Crippen LogP contribution < -0.4 is 5.73 Å². The van der Waals surface area contributed by atoms with Crippen molar-refractivity contribution in [2.75, 3.05) is 13.1 Å². The number of halogens is 1. The SMILES string of the molecule is CC(CN)(Cc1ccccc1F)N1CCn2cnnc2C1. The van der Waals surface area contributed by atoms with Gasteiger partial charge in [0.1, 0.15) is 18.0 Å². The highest BCUT2D eigenvalue weighted by Crippen LogP contribution is 2.25. The third kappa shape index (κ3) is 2.69. The van der Waals surface area contributed by atoms with Gasteiger partial charge in [-0.25, -0.2) is 4.39 Å². The van der Waals surface area contributed by atoms with Gasteiger partial charge in [0.2, 0.25) is 0 Å². The first-order valence-electron chi connectivity index (χ1n) is 7.17. The van der Waals surface area contributed by atoms with Gasteiger partial charge in [0.15, 0.2) is 0 Å². The minimum atomic E-state index is -0.292. The molecule has 21 heavy (non-hydrogen) atoms. The van der Waals surface area contributed by atoms with Gasteiger partial charge < -0.3 is 10.3 Å². The maximum Gasteiger partial charge on any atom is 0.147 e. The van der Waals surface area contributed by atoms with Crippen LogP contribution in [0, 0.1) is 5.82 Å². The molecule has 112 valence electrons. The second kappa shape index (κ2) is 5.54. The van der Waals surface area contributed by atoms with E-state index in [1.165, 1.54) is 6.07 Å². The molecule has 0 amide bonds. The lowest BCUT2D eigenvalue weighted by Crippen LogP contribution is -2.55. The second-order valence-corrected chi connectivity index (χ2v) is 5.83. The van der Waals surface area contributed by atoms with Crippen molar-refractivity contribution in [3.63, 3.8) is 0 Å². The zero-order valence-electron chi connectivity index (χ0n) is 12.2. The van der Waals surface area contributed by atoms with Crippen LogP contribution in [0.25, 0.3) is 0 Å². The summed E-state index contributed by atoms with van der Waals surface area (Å²) >= 11 is 0. The van der Waals surface area contributed by atoms with Crippen molar-refractivity contribution in [2.45, 2.75) is 32.0 Å². The summed E-state index contributed by atoms with van der Waals surface area (Å²) in [5.41, 5.74) is 6.44. The lowest BCUT2D eigenvalue weighted by molar-refractivity contribution is 0.0765. The Kier molecular flexibility index (Phi) is 3.73. The zero-order valence-corrected chi connectivity index (χ0v) is 12.2. The summed E-state index contributed by atoms with van der Waals surface area (Å²) in [7, 11) is 0. The van der Waals surface area contributed by atoms with Crippen LogP contribution in [0.15, 0.2) is 30.6 Å². The Morgan fingerprint density at radius 2 is 2.14 bits per heavy atom. The summed E-state index contributed by atoms with van der Waals surface area (Å²) in [5.74, 6) is 0.770. The van der Waals surface area contributed by atoms with Crippen LogP contribution in [0.4, 0.5) is 4.39 Å². The number of hydrogen-bond donors (Lipinski definition) is 1. The Morgan fingerprint density at radius 1 is 1.33 bits per heavy atom. The van der Waals surface area contributed by atoms with Crippen molar-refractivity contribution >= 4 is 0 Å². The summed E-state index contributed by atoms with van der Waals surface area (Å²) in [4.78, 5) is 2.28. The molecule has 1 aromatic heterocycles. The number of fused-ring (bicyclic) bond motifs is 1. The molecule has 0 bridgehead atoms. The molecule has 3 rings (SSSR count). The Balaban J connectivity index is 1.82. The van der Waals surface area contributed by atoms with Gasteiger partial charge in [0.05, 0.1) is 6.54 Å². The number of rotatable bonds is 4. The van der Waals surface area contributed by atoms with Crippen LogP contribution >= 0.6 is 0 Å². The zero-order chi connectivity index (χ0) is 14.9. The Labute approximate surface area is 123 Å². The van der Waals surface area contributed by atoms with E-state index in [9.17, 15) is 4.39 Å². The minimum Gasteiger partial charge on any atom is -0.329 e. The quantitative estimate of drug-likeness (QED) is 0.918. The lowest BCUT2D eigenvalue weighted by Gasteiger charge is -2.42. The van der Waals surface area contributed by atoms with E-state index in [0.717, 1.165) is 18.9 Å². The summed E-state index contributed by atoms with van der Waals surface area (Å²) in [6.07, 6.45) is 2.34. The molecule has 0 saturated carbocycles. The van der Waals surface area contributed by atoms with E-state index in [0.29, 0.717) is 25.1 Å². The fourth-order valence-electron chi connectivity index (χ4n) is 2.89. The molecule has 1 atom stereocenters. The lowest BCUT2D eigenvalue weighted by atomic mass is 9.90. The van der Waals surface area contributed by atoms with Gasteiger partial charge in [0, 0.05) is 25.2 Å². The van der Waals surface area contributed by atoms with Gasteiger partial charge >= 0.3 is 0 Å². The standard InChI is InChI=1S/C15H20FN5/c1-15(10-17,8-12-4-2-3-5-13(12)16)21-7-6-20-11-18-19-14(20)9-21/h2-5,11H,6-10,17H2,1H3. The first kappa shape index (κ1) is 14.2. The Bertz CT molecular complexity index is 626. The van der Waals surface area contributed by atoms with Gasteiger partial charge in [-0.05, 0) is 25.0 Å². The molecule has 0 saturated heterocycles. The molecule has 0 fully saturated rings. The van der Waals surface area contributed by atoms with Crippen LogP contribution in [-0.4, -0.2) is 38.3 Å². The summed E-state index contributed by atoms with van der Waals surface area (Å²) in [6, 6.07) is 6.90. The molecule has 2 heterocycles. The van der Waals surface area contributed by atoms with Crippen molar-refractivity contribution < 1.29 is 4.39 Å². The topological polar surface area (TPSA) is 60.0 Å². The van der Waals surface area contributed by atoms with Gasteiger partial charge in [-0.15, -0.1) is 10.2 Å². The number of nitrogens with zero attached hydrogens (tertiary/aromatic N) is 4. The summed E-state index contributed by atoms with van der Waals surface area (Å²) in [5, 5.41) is 8.08. The number of aromatic nitrogens is 3. The summed E-state index contributed by atoms with van der Waals surface area (Å²) in [6.45, 7) is 4.96. The largest absolute Gasteiger partial charge is 0.329 e. The van der Waals surface area contributed by atoms with E-state index in [2.05, 4.69) is 26.6 Å². The highest BCUT2D eigenvalue weighted by atomic mass is 19.1. The molecule has 1 aliphatic rings. The van der Waals surface area contributed by atoms with E-state index in [4.69, 9.17) is 5.73 Å². The molecule has 1 aromatic carbocycles. The minimum absolute atomic E-state index is 0.169. The fraction of sp³-hybridized carbons (Fsp3) is 0.467. The van der Waals surface area contributed by atoms with E-state index in [1.54, 1.807) is 12.4 Å². The monoisotopic (exact) mass is 289 g/mol. The van der Waals surface area contributed by atoms with Gasteiger partial charge in [-0.1, -0.05) is 18.2 Å². The maximum atomic E-state index is 13.9. The van der Waals surface area contributed by atoms with Crippen LogP contribution in [0.2, 0.25) is 0 Å². The number of benzene rings is 1. The first-order valence-corrected chi connectivity index (χ1v) is 7.17. The van der Waals surface area contributed by atoms with Crippen molar-refractivity contribution in [3.8, 4) is 0 Å². The van der Waals surface area contributed by atoms with Gasteiger partial charge in [0.25, 0.3) is 0 Å². The highest BCUT2D eigenvalue weighted by Gasteiger charge is 2.34. The second-order valence-electron chi connectivity index (χ2n) is 5.83. The van der Waals surface area contributed by atoms with Crippen LogP contribution in [-0.2, 0) is 19.5 Å². The van der Waals surface area contributed by atoms with E-state index >= 15 is 0 Å². The normalized spacial score (nSPS) is 18.2. The number of nitrogens with two attached hydrogens (primary N) is 1. The van der Waals surface area contributed by atoms with E-state index in [1.807, 2.05) is 12.1 Å². The molecule has 5 nitrogen and oxygen atoms in total. The molecule has 1 unspecified atom stereocenters. The van der Waals surface area contributed by atoms with Gasteiger partial charge in [-0.3, -0.25) is 4.90 Å². The average Bonchev–Trinajstić information content (AvgIpc) is 2.97. The molecule has 1 aliphatic heterocycles. The molecule has 0 radical (unpaired) electrons. The highest BCUT2D eigenvalue weighted by molar-refractivity contribution is 5.20. The number of hydrogen-bond acceptors (Lipinski definition) is 4. The molecule has 0 aliphatic carbocycles. The predicted octanol–water partition coefficient (Wildman–Crippen LogP) is 1.19. The predicted molar refractivity (Wildman–Crippen MR) is 78.0 cm³/mol. The van der Waals surface area contributed by atoms with Crippen LogP contribution in [0.5, 0.6) is 0 Å². The van der Waals surface area contributed by atoms with Crippen molar-refractivity contribution in [3.05, 3.63) is 47.8 Å². The fourth-order valence-corrected chi connectivity index (χ4v) is 2.89. The molecular weight excluding hydrogens is 269 g/mol. The molecule has 6 heteroatoms. The van der Waals surface area contributed by atoms with E-state index in [-0.39, 0.29) is 11.4 Å². The summed E-state index contributed by atoms with van der Waals surface area (Å²) < 4.78 is 16.0. The third-order valence-electron chi connectivity index (χ3n) is 4.37. The van der Waals surface area contributed by atoms with Crippen LogP contribution in [0.3, 0.4) is 0 Å². The maximum absolute atomic E-state index is 13.9. The Morgan fingerprint density at radius 3 is 2.90 bits per heavy atom. The Hall–Kier alpha value is -1.79. The first-order chi connectivity index (χ1) is 10.1. The average molecular weight is 289 g/mol. The van der Waals surface area contributed by atoms with Crippen molar-refractivity contribution in [1.82, 2.24) is 19.7 Å². The van der Waals surface area contributed by atoms with Crippen molar-refractivity contribution in [2.24, 2.45) is 5.73 Å². The molecular formula is C15H20FN5. The van der Waals surface area contributed by atoms with Crippen LogP contribution in [0.1, 0.15) is 18.3 Å².